The molecule has 0 spiro atoms. The first kappa shape index (κ1) is 11.0. The summed E-state index contributed by atoms with van der Waals surface area (Å²) >= 11 is 5.29. The Bertz CT molecular complexity index is 394. The van der Waals surface area contributed by atoms with Gasteiger partial charge in [0.05, 0.1) is 11.5 Å². The summed E-state index contributed by atoms with van der Waals surface area (Å²) in [5, 5.41) is 9.39. The molecule has 1 fully saturated rings. The molecular weight excluding hydrogens is 272 g/mol. The van der Waals surface area contributed by atoms with Gasteiger partial charge in [-0.3, -0.25) is 0 Å². The van der Waals surface area contributed by atoms with E-state index in [0.29, 0.717) is 0 Å². The van der Waals surface area contributed by atoms with E-state index in [2.05, 4.69) is 27.0 Å². The molecule has 1 aliphatic rings. The van der Waals surface area contributed by atoms with Gasteiger partial charge in [-0.05, 0) is 58.0 Å². The Kier molecular flexibility index (Phi) is 3.32. The predicted octanol–water partition coefficient (Wildman–Crippen LogP) is 3.13. The normalized spacial score (nSPS) is 19.5. The molecule has 0 N–H and O–H groups in total. The molecule has 0 amide bonds. The standard InChI is InChI=1S/C11H11BrN2S/c12-10-7-9(1-4-14-10)11(8-13)2-5-15-6-3-11/h1,4,7H,2-3,5-6H2. The number of nitriles is 1. The Balaban J connectivity index is 2.37. The number of rotatable bonds is 1. The molecule has 2 heterocycles. The molecule has 0 aromatic carbocycles. The van der Waals surface area contributed by atoms with E-state index in [1.54, 1.807) is 6.20 Å². The van der Waals surface area contributed by atoms with Crippen LogP contribution in [0.15, 0.2) is 22.9 Å². The van der Waals surface area contributed by atoms with Gasteiger partial charge in [0.15, 0.2) is 0 Å². The second-order valence-electron chi connectivity index (χ2n) is 3.67. The summed E-state index contributed by atoms with van der Waals surface area (Å²) in [5.74, 6) is 2.15. The van der Waals surface area contributed by atoms with Crippen molar-refractivity contribution in [2.45, 2.75) is 18.3 Å². The summed E-state index contributed by atoms with van der Waals surface area (Å²) in [7, 11) is 0. The Morgan fingerprint density at radius 2 is 2.20 bits per heavy atom. The fourth-order valence-electron chi connectivity index (χ4n) is 1.89. The third-order valence-corrected chi connectivity index (χ3v) is 4.26. The predicted molar refractivity (Wildman–Crippen MR) is 65.8 cm³/mol. The van der Waals surface area contributed by atoms with Crippen LogP contribution in [-0.2, 0) is 5.41 Å². The van der Waals surface area contributed by atoms with Crippen LogP contribution in [0.1, 0.15) is 18.4 Å². The highest BCUT2D eigenvalue weighted by Crippen LogP contribution is 2.38. The van der Waals surface area contributed by atoms with Crippen molar-refractivity contribution in [1.29, 1.82) is 5.26 Å². The van der Waals surface area contributed by atoms with Crippen LogP contribution in [0.2, 0.25) is 0 Å². The van der Waals surface area contributed by atoms with E-state index in [1.165, 1.54) is 0 Å². The maximum absolute atomic E-state index is 9.39. The van der Waals surface area contributed by atoms with E-state index in [-0.39, 0.29) is 5.41 Å². The highest BCUT2D eigenvalue weighted by Gasteiger charge is 2.34. The minimum atomic E-state index is -0.281. The molecule has 4 heteroatoms. The maximum Gasteiger partial charge on any atom is 0.106 e. The lowest BCUT2D eigenvalue weighted by molar-refractivity contribution is 0.507. The average Bonchev–Trinajstić information content (AvgIpc) is 2.30. The molecule has 78 valence electrons. The van der Waals surface area contributed by atoms with Gasteiger partial charge in [0.2, 0.25) is 0 Å². The monoisotopic (exact) mass is 282 g/mol. The lowest BCUT2D eigenvalue weighted by Gasteiger charge is -2.30. The summed E-state index contributed by atoms with van der Waals surface area (Å²) < 4.78 is 0.813. The maximum atomic E-state index is 9.39. The van der Waals surface area contributed by atoms with Crippen molar-refractivity contribution in [1.82, 2.24) is 4.98 Å². The van der Waals surface area contributed by atoms with Gasteiger partial charge < -0.3 is 0 Å². The Morgan fingerprint density at radius 1 is 1.47 bits per heavy atom. The molecule has 0 atom stereocenters. The first-order valence-corrected chi connectivity index (χ1v) is 6.83. The molecule has 1 aliphatic heterocycles. The first-order valence-electron chi connectivity index (χ1n) is 4.88. The molecule has 2 nitrogen and oxygen atoms in total. The summed E-state index contributed by atoms with van der Waals surface area (Å²) in [4.78, 5) is 4.10. The Hall–Kier alpha value is -0.530. The quantitative estimate of drug-likeness (QED) is 0.743. The van der Waals surface area contributed by atoms with Gasteiger partial charge in [0, 0.05) is 6.20 Å². The molecule has 0 aliphatic carbocycles. The van der Waals surface area contributed by atoms with Crippen molar-refractivity contribution in [3.63, 3.8) is 0 Å². The number of thioether (sulfide) groups is 1. The second-order valence-corrected chi connectivity index (χ2v) is 5.71. The number of pyridine rings is 1. The third-order valence-electron chi connectivity index (χ3n) is 2.84. The minimum absolute atomic E-state index is 0.281. The van der Waals surface area contributed by atoms with E-state index in [0.717, 1.165) is 34.5 Å². The van der Waals surface area contributed by atoms with Crippen LogP contribution in [0.25, 0.3) is 0 Å². The van der Waals surface area contributed by atoms with Crippen LogP contribution in [0, 0.1) is 11.3 Å². The molecule has 2 rings (SSSR count). The fraction of sp³-hybridized carbons (Fsp3) is 0.455. The smallest absolute Gasteiger partial charge is 0.106 e. The summed E-state index contributed by atoms with van der Waals surface area (Å²) in [6.45, 7) is 0. The van der Waals surface area contributed by atoms with Gasteiger partial charge in [0.25, 0.3) is 0 Å². The average molecular weight is 283 g/mol. The second kappa shape index (κ2) is 4.54. The summed E-state index contributed by atoms with van der Waals surface area (Å²) in [6, 6.07) is 6.43. The van der Waals surface area contributed by atoms with Gasteiger partial charge in [0.1, 0.15) is 4.60 Å². The van der Waals surface area contributed by atoms with E-state index < -0.39 is 0 Å². The van der Waals surface area contributed by atoms with Gasteiger partial charge in [-0.1, -0.05) is 0 Å². The number of hydrogen-bond donors (Lipinski definition) is 0. The van der Waals surface area contributed by atoms with Crippen LogP contribution in [-0.4, -0.2) is 16.5 Å². The molecule has 0 saturated carbocycles. The highest BCUT2D eigenvalue weighted by molar-refractivity contribution is 9.10. The molecule has 0 bridgehead atoms. The first-order chi connectivity index (χ1) is 7.27. The van der Waals surface area contributed by atoms with Crippen LogP contribution >= 0.6 is 27.7 Å². The van der Waals surface area contributed by atoms with Crippen molar-refractivity contribution < 1.29 is 0 Å². The van der Waals surface area contributed by atoms with Crippen LogP contribution in [0.3, 0.4) is 0 Å². The van der Waals surface area contributed by atoms with Crippen molar-refractivity contribution in [3.8, 4) is 6.07 Å². The topological polar surface area (TPSA) is 36.7 Å². The van der Waals surface area contributed by atoms with Crippen LogP contribution in [0.4, 0.5) is 0 Å². The van der Waals surface area contributed by atoms with E-state index >= 15 is 0 Å². The molecule has 15 heavy (non-hydrogen) atoms. The summed E-state index contributed by atoms with van der Waals surface area (Å²) in [6.07, 6.45) is 3.66. The lowest BCUT2D eigenvalue weighted by Crippen LogP contribution is -2.29. The van der Waals surface area contributed by atoms with Crippen LogP contribution in [0.5, 0.6) is 0 Å². The zero-order valence-electron chi connectivity index (χ0n) is 8.24. The SMILES string of the molecule is N#CC1(c2ccnc(Br)c2)CCSCC1. The van der Waals surface area contributed by atoms with Gasteiger partial charge >= 0.3 is 0 Å². The van der Waals surface area contributed by atoms with Crippen molar-refractivity contribution in [3.05, 3.63) is 28.5 Å². The van der Waals surface area contributed by atoms with Gasteiger partial charge in [-0.15, -0.1) is 0 Å². The number of hydrogen-bond acceptors (Lipinski definition) is 3. The van der Waals surface area contributed by atoms with Crippen LogP contribution < -0.4 is 0 Å². The van der Waals surface area contributed by atoms with E-state index in [4.69, 9.17) is 0 Å². The minimum Gasteiger partial charge on any atom is -0.249 e. The Morgan fingerprint density at radius 3 is 2.80 bits per heavy atom. The molecule has 1 saturated heterocycles. The molecular formula is C11H11BrN2S. The Labute approximate surface area is 102 Å². The number of halogens is 1. The van der Waals surface area contributed by atoms with Crippen molar-refractivity contribution in [2.24, 2.45) is 0 Å². The third kappa shape index (κ3) is 2.19. The summed E-state index contributed by atoms with van der Waals surface area (Å²) in [5.41, 5.74) is 0.823. The molecule has 1 aromatic heterocycles. The number of aromatic nitrogens is 1. The molecule has 1 aromatic rings. The van der Waals surface area contributed by atoms with E-state index in [9.17, 15) is 5.26 Å². The van der Waals surface area contributed by atoms with Gasteiger partial charge in [-0.2, -0.15) is 17.0 Å². The largest absolute Gasteiger partial charge is 0.249 e. The molecule has 0 radical (unpaired) electrons. The highest BCUT2D eigenvalue weighted by atomic mass is 79.9. The zero-order chi connectivity index (χ0) is 10.7. The van der Waals surface area contributed by atoms with E-state index in [1.807, 2.05) is 23.9 Å². The fourth-order valence-corrected chi connectivity index (χ4v) is 3.44. The van der Waals surface area contributed by atoms with Crippen molar-refractivity contribution >= 4 is 27.7 Å². The lowest BCUT2D eigenvalue weighted by atomic mass is 9.77. The van der Waals surface area contributed by atoms with Gasteiger partial charge in [-0.25, -0.2) is 4.98 Å². The molecule has 0 unspecified atom stereocenters. The zero-order valence-corrected chi connectivity index (χ0v) is 10.6. The number of nitrogens with zero attached hydrogens (tertiary/aromatic N) is 2. The van der Waals surface area contributed by atoms with Crippen molar-refractivity contribution in [2.75, 3.05) is 11.5 Å².